The number of hydrogen-bond donors (Lipinski definition) is 1. The minimum atomic E-state index is -0.467. The largest absolute Gasteiger partial charge is 0.343 e. The summed E-state index contributed by atoms with van der Waals surface area (Å²) in [4.78, 5) is 30.6. The Labute approximate surface area is 184 Å². The lowest BCUT2D eigenvalue weighted by molar-refractivity contribution is -0.122. The van der Waals surface area contributed by atoms with E-state index in [-0.39, 0.29) is 22.8 Å². The zero-order chi connectivity index (χ0) is 21.3. The fourth-order valence-corrected chi connectivity index (χ4v) is 4.44. The van der Waals surface area contributed by atoms with Gasteiger partial charge in [0.25, 0.3) is 5.56 Å². The minimum absolute atomic E-state index is 0.233. The van der Waals surface area contributed by atoms with Gasteiger partial charge in [-0.05, 0) is 41.3 Å². The molecular weight excluding hydrogens is 448 g/mol. The maximum atomic E-state index is 13.3. The van der Waals surface area contributed by atoms with E-state index in [9.17, 15) is 14.0 Å². The highest BCUT2D eigenvalue weighted by molar-refractivity contribution is 7.10. The molecule has 0 aliphatic heterocycles. The van der Waals surface area contributed by atoms with Gasteiger partial charge in [0.1, 0.15) is 12.4 Å². The summed E-state index contributed by atoms with van der Waals surface area (Å²) >= 11 is 13.6. The fourth-order valence-electron chi connectivity index (χ4n) is 3.10. The molecule has 0 spiro atoms. The predicted octanol–water partition coefficient (Wildman–Crippen LogP) is 4.81. The predicted molar refractivity (Wildman–Crippen MR) is 117 cm³/mol. The molecule has 2 aromatic heterocycles. The Hall–Kier alpha value is -2.74. The fraction of sp³-hybridized carbons (Fsp3) is 0.0952. The molecule has 0 aliphatic rings. The van der Waals surface area contributed by atoms with Crippen molar-refractivity contribution in [2.24, 2.45) is 0 Å². The number of nitrogens with one attached hydrogen (secondary N) is 1. The van der Waals surface area contributed by atoms with Gasteiger partial charge in [-0.3, -0.25) is 14.2 Å². The van der Waals surface area contributed by atoms with Crippen molar-refractivity contribution in [1.82, 2.24) is 14.9 Å². The molecule has 0 fully saturated rings. The van der Waals surface area contributed by atoms with Gasteiger partial charge >= 0.3 is 0 Å². The smallest absolute Gasteiger partial charge is 0.261 e. The molecule has 2 heterocycles. The van der Waals surface area contributed by atoms with Crippen molar-refractivity contribution < 1.29 is 9.18 Å². The van der Waals surface area contributed by atoms with E-state index in [4.69, 9.17) is 23.2 Å². The molecular formula is C21H14Cl2FN3O2S. The van der Waals surface area contributed by atoms with Crippen molar-refractivity contribution in [3.8, 4) is 0 Å². The Morgan fingerprint density at radius 1 is 1.20 bits per heavy atom. The highest BCUT2D eigenvalue weighted by Crippen LogP contribution is 2.26. The van der Waals surface area contributed by atoms with Crippen LogP contribution < -0.4 is 10.9 Å². The molecule has 1 atom stereocenters. The molecule has 0 bridgehead atoms. The molecule has 152 valence electrons. The number of carbonyl (C=O) groups excluding carboxylic acids is 1. The van der Waals surface area contributed by atoms with Crippen LogP contribution in [0.1, 0.15) is 16.5 Å². The normalized spacial score (nSPS) is 12.1. The van der Waals surface area contributed by atoms with E-state index in [1.807, 2.05) is 17.5 Å². The van der Waals surface area contributed by atoms with Crippen LogP contribution in [0.4, 0.5) is 4.39 Å². The second kappa shape index (κ2) is 8.55. The molecule has 0 radical (unpaired) electrons. The number of aromatic nitrogens is 2. The zero-order valence-corrected chi connectivity index (χ0v) is 17.6. The van der Waals surface area contributed by atoms with Gasteiger partial charge in [-0.2, -0.15) is 0 Å². The number of amides is 1. The third-order valence-electron chi connectivity index (χ3n) is 4.50. The third kappa shape index (κ3) is 4.23. The van der Waals surface area contributed by atoms with E-state index in [0.717, 1.165) is 10.4 Å². The average molecular weight is 462 g/mol. The van der Waals surface area contributed by atoms with Crippen molar-refractivity contribution in [2.75, 3.05) is 0 Å². The molecule has 0 saturated heterocycles. The van der Waals surface area contributed by atoms with Gasteiger partial charge in [-0.25, -0.2) is 9.37 Å². The van der Waals surface area contributed by atoms with Crippen LogP contribution in [-0.2, 0) is 11.3 Å². The van der Waals surface area contributed by atoms with Crippen molar-refractivity contribution in [3.05, 3.63) is 96.9 Å². The van der Waals surface area contributed by atoms with E-state index in [1.165, 1.54) is 46.5 Å². The summed E-state index contributed by atoms with van der Waals surface area (Å²) in [5.74, 6) is -0.754. The van der Waals surface area contributed by atoms with Gasteiger partial charge in [0.05, 0.1) is 28.3 Å². The number of halogens is 3. The van der Waals surface area contributed by atoms with Gasteiger partial charge in [-0.15, -0.1) is 11.3 Å². The molecule has 30 heavy (non-hydrogen) atoms. The number of benzene rings is 2. The molecule has 0 saturated carbocycles. The van der Waals surface area contributed by atoms with E-state index >= 15 is 0 Å². The lowest BCUT2D eigenvalue weighted by atomic mass is 10.1. The summed E-state index contributed by atoms with van der Waals surface area (Å²) in [5, 5.41) is 5.61. The molecule has 5 nitrogen and oxygen atoms in total. The van der Waals surface area contributed by atoms with Gasteiger partial charge in [-0.1, -0.05) is 41.4 Å². The number of thiophene rings is 1. The van der Waals surface area contributed by atoms with Crippen LogP contribution >= 0.6 is 34.5 Å². The second-order valence-corrected chi connectivity index (χ2v) is 8.35. The van der Waals surface area contributed by atoms with E-state index in [1.54, 1.807) is 12.1 Å². The van der Waals surface area contributed by atoms with Crippen molar-refractivity contribution >= 4 is 51.3 Å². The summed E-state index contributed by atoms with van der Waals surface area (Å²) in [5.41, 5.74) is 0.634. The number of nitrogens with zero attached hydrogens (tertiary/aromatic N) is 2. The van der Waals surface area contributed by atoms with E-state index in [2.05, 4.69) is 10.3 Å². The first-order valence-corrected chi connectivity index (χ1v) is 10.5. The first-order chi connectivity index (χ1) is 14.4. The Morgan fingerprint density at radius 3 is 2.67 bits per heavy atom. The van der Waals surface area contributed by atoms with Crippen LogP contribution in [0.3, 0.4) is 0 Å². The zero-order valence-electron chi connectivity index (χ0n) is 15.3. The summed E-state index contributed by atoms with van der Waals surface area (Å²) in [6, 6.07) is 12.2. The molecule has 4 aromatic rings. The monoisotopic (exact) mass is 461 g/mol. The summed E-state index contributed by atoms with van der Waals surface area (Å²) in [7, 11) is 0. The summed E-state index contributed by atoms with van der Waals surface area (Å²) < 4.78 is 14.5. The van der Waals surface area contributed by atoms with Gasteiger partial charge < -0.3 is 5.32 Å². The molecule has 9 heteroatoms. The molecule has 1 unspecified atom stereocenters. The average Bonchev–Trinajstić information content (AvgIpc) is 3.24. The molecule has 1 N–H and O–H groups in total. The highest BCUT2D eigenvalue weighted by Gasteiger charge is 2.19. The Morgan fingerprint density at radius 2 is 1.97 bits per heavy atom. The molecule has 2 aromatic carbocycles. The van der Waals surface area contributed by atoms with Crippen LogP contribution in [-0.4, -0.2) is 15.5 Å². The van der Waals surface area contributed by atoms with E-state index in [0.29, 0.717) is 10.5 Å². The summed E-state index contributed by atoms with van der Waals surface area (Å²) in [6.45, 7) is -0.241. The Balaban J connectivity index is 1.62. The van der Waals surface area contributed by atoms with Gasteiger partial charge in [0, 0.05) is 9.90 Å². The Bertz CT molecular complexity index is 1270. The minimum Gasteiger partial charge on any atom is -0.343 e. The SMILES string of the molecule is O=C(Cn1cnc2c(Cl)cc(Cl)cc2c1=O)NC(c1ccc(F)cc1)c1cccs1. The first kappa shape index (κ1) is 20.5. The standard InChI is InChI=1S/C21H14Cl2FN3O2S/c22-13-8-15-20(16(23)9-13)25-11-27(21(15)29)10-18(28)26-19(17-2-1-7-30-17)12-3-5-14(24)6-4-12/h1-9,11,19H,10H2,(H,26,28). The van der Waals surface area contributed by atoms with Crippen LogP contribution in [0.15, 0.2) is 65.0 Å². The van der Waals surface area contributed by atoms with Crippen LogP contribution in [0.2, 0.25) is 10.0 Å². The Kier molecular flexibility index (Phi) is 5.85. The molecule has 0 aliphatic carbocycles. The number of carbonyl (C=O) groups is 1. The summed E-state index contributed by atoms with van der Waals surface area (Å²) in [6.07, 6.45) is 1.28. The number of fused-ring (bicyclic) bond motifs is 1. The van der Waals surface area contributed by atoms with Crippen molar-refractivity contribution in [1.29, 1.82) is 0 Å². The molecule has 4 rings (SSSR count). The van der Waals surface area contributed by atoms with Gasteiger partial charge in [0.15, 0.2) is 0 Å². The number of rotatable bonds is 5. The van der Waals surface area contributed by atoms with E-state index < -0.39 is 17.5 Å². The lowest BCUT2D eigenvalue weighted by Crippen LogP contribution is -2.35. The maximum absolute atomic E-state index is 13.3. The third-order valence-corrected chi connectivity index (χ3v) is 5.94. The molecule has 1 amide bonds. The quantitative estimate of drug-likeness (QED) is 0.463. The van der Waals surface area contributed by atoms with Crippen molar-refractivity contribution in [3.63, 3.8) is 0 Å². The van der Waals surface area contributed by atoms with Gasteiger partial charge in [0.2, 0.25) is 5.91 Å². The number of hydrogen-bond acceptors (Lipinski definition) is 4. The highest BCUT2D eigenvalue weighted by atomic mass is 35.5. The topological polar surface area (TPSA) is 64.0 Å². The van der Waals surface area contributed by atoms with Crippen LogP contribution in [0.5, 0.6) is 0 Å². The lowest BCUT2D eigenvalue weighted by Gasteiger charge is -2.18. The first-order valence-electron chi connectivity index (χ1n) is 8.85. The maximum Gasteiger partial charge on any atom is 0.261 e. The second-order valence-electron chi connectivity index (χ2n) is 6.53. The van der Waals surface area contributed by atoms with Crippen LogP contribution in [0, 0.1) is 5.82 Å². The van der Waals surface area contributed by atoms with Crippen LogP contribution in [0.25, 0.3) is 10.9 Å². The van der Waals surface area contributed by atoms with Crippen molar-refractivity contribution in [2.45, 2.75) is 12.6 Å².